The fourth-order valence-electron chi connectivity index (χ4n) is 2.34. The van der Waals surface area contributed by atoms with Gasteiger partial charge in [0.1, 0.15) is 11.3 Å². The van der Waals surface area contributed by atoms with Gasteiger partial charge in [-0.05, 0) is 19.1 Å². The highest BCUT2D eigenvalue weighted by molar-refractivity contribution is 5.86. The molecule has 4 heterocycles. The predicted molar refractivity (Wildman–Crippen MR) is 74.1 cm³/mol. The van der Waals surface area contributed by atoms with Gasteiger partial charge in [0, 0.05) is 24.0 Å². The Balaban J connectivity index is 2.01. The summed E-state index contributed by atoms with van der Waals surface area (Å²) in [6, 6.07) is 5.69. The van der Waals surface area contributed by atoms with Crippen molar-refractivity contribution in [1.29, 1.82) is 0 Å². The second-order valence-electron chi connectivity index (χ2n) is 4.51. The summed E-state index contributed by atoms with van der Waals surface area (Å²) in [6.45, 7) is 1.81. The third kappa shape index (κ3) is 1.46. The van der Waals surface area contributed by atoms with Gasteiger partial charge in [0.2, 0.25) is 0 Å². The summed E-state index contributed by atoms with van der Waals surface area (Å²) in [6.07, 6.45) is 5.44. The molecular weight excluding hydrogens is 254 g/mol. The van der Waals surface area contributed by atoms with E-state index in [9.17, 15) is 0 Å². The molecule has 4 aromatic rings. The maximum atomic E-state index is 6.02. The van der Waals surface area contributed by atoms with E-state index in [-0.39, 0.29) is 0 Å². The molecule has 0 saturated heterocycles. The minimum atomic E-state index is 0.452. The minimum absolute atomic E-state index is 0.452. The molecule has 7 nitrogen and oxygen atoms in total. The Morgan fingerprint density at radius 3 is 2.80 bits per heavy atom. The fraction of sp³-hybridized carbons (Fsp3) is 0.0769. The van der Waals surface area contributed by atoms with Crippen LogP contribution in [0.1, 0.15) is 5.82 Å². The number of hydrogen-bond acceptors (Lipinski definition) is 5. The summed E-state index contributed by atoms with van der Waals surface area (Å²) >= 11 is 0. The van der Waals surface area contributed by atoms with Crippen molar-refractivity contribution in [1.82, 2.24) is 29.2 Å². The van der Waals surface area contributed by atoms with Crippen LogP contribution >= 0.6 is 0 Å². The molecule has 7 heteroatoms. The Morgan fingerprint density at radius 2 is 1.90 bits per heavy atom. The van der Waals surface area contributed by atoms with E-state index in [1.807, 2.05) is 37.5 Å². The Bertz CT molecular complexity index is 934. The first-order valence-electron chi connectivity index (χ1n) is 6.14. The zero-order valence-corrected chi connectivity index (χ0v) is 10.7. The molecule has 0 bridgehead atoms. The highest BCUT2D eigenvalue weighted by atomic mass is 15.3. The summed E-state index contributed by atoms with van der Waals surface area (Å²) in [5, 5.41) is 8.45. The normalized spacial score (nSPS) is 11.4. The van der Waals surface area contributed by atoms with Crippen LogP contribution in [0.3, 0.4) is 0 Å². The number of nitrogens with zero attached hydrogens (tertiary/aromatic N) is 6. The monoisotopic (exact) mass is 265 g/mol. The largest absolute Gasteiger partial charge is 0.382 e. The van der Waals surface area contributed by atoms with Gasteiger partial charge in [0.15, 0.2) is 11.5 Å². The maximum Gasteiger partial charge on any atom is 0.155 e. The molecule has 0 unspecified atom stereocenters. The average molecular weight is 265 g/mol. The topological polar surface area (TPSA) is 86.4 Å². The molecular formula is C13H11N7. The number of hydrogen-bond donors (Lipinski definition) is 1. The molecule has 0 aliphatic rings. The van der Waals surface area contributed by atoms with E-state index in [2.05, 4.69) is 20.2 Å². The lowest BCUT2D eigenvalue weighted by Crippen LogP contribution is -2.03. The fourth-order valence-corrected chi connectivity index (χ4v) is 2.34. The standard InChI is InChI=1S/C13H11N7/c1-8-16-13(14)12-9(3-6-20(12)18-8)10-4-7-19-11(17-10)2-5-15-19/h2-7H,1H3,(H2,14,16,18). The maximum absolute atomic E-state index is 6.02. The first-order chi connectivity index (χ1) is 9.72. The van der Waals surface area contributed by atoms with Gasteiger partial charge >= 0.3 is 0 Å². The molecule has 4 aromatic heterocycles. The smallest absolute Gasteiger partial charge is 0.155 e. The van der Waals surface area contributed by atoms with Crippen LogP contribution in [-0.4, -0.2) is 29.2 Å². The van der Waals surface area contributed by atoms with Crippen LogP contribution in [0.4, 0.5) is 5.82 Å². The van der Waals surface area contributed by atoms with Gasteiger partial charge < -0.3 is 5.73 Å². The highest BCUT2D eigenvalue weighted by Gasteiger charge is 2.12. The second kappa shape index (κ2) is 3.77. The zero-order valence-electron chi connectivity index (χ0n) is 10.7. The third-order valence-electron chi connectivity index (χ3n) is 3.18. The molecule has 0 aliphatic carbocycles. The van der Waals surface area contributed by atoms with E-state index in [1.54, 1.807) is 15.2 Å². The molecule has 0 atom stereocenters. The molecule has 0 saturated carbocycles. The van der Waals surface area contributed by atoms with Crippen molar-refractivity contribution in [3.8, 4) is 11.3 Å². The van der Waals surface area contributed by atoms with Gasteiger partial charge in [-0.2, -0.15) is 10.2 Å². The Hall–Kier alpha value is -2.96. The summed E-state index contributed by atoms with van der Waals surface area (Å²) < 4.78 is 3.45. The summed E-state index contributed by atoms with van der Waals surface area (Å²) in [7, 11) is 0. The number of nitrogens with two attached hydrogens (primary N) is 1. The molecule has 0 amide bonds. The van der Waals surface area contributed by atoms with Gasteiger partial charge in [0.05, 0.1) is 11.9 Å². The molecule has 0 aliphatic heterocycles. The molecule has 0 aromatic carbocycles. The average Bonchev–Trinajstić information content (AvgIpc) is 3.03. The van der Waals surface area contributed by atoms with Gasteiger partial charge in [0.25, 0.3) is 0 Å². The van der Waals surface area contributed by atoms with E-state index in [1.165, 1.54) is 0 Å². The van der Waals surface area contributed by atoms with Crippen LogP contribution < -0.4 is 5.73 Å². The van der Waals surface area contributed by atoms with Gasteiger partial charge in [-0.3, -0.25) is 0 Å². The van der Waals surface area contributed by atoms with E-state index in [0.717, 1.165) is 22.4 Å². The first kappa shape index (κ1) is 10.9. The van der Waals surface area contributed by atoms with Crippen molar-refractivity contribution in [2.24, 2.45) is 0 Å². The predicted octanol–water partition coefficient (Wildman–Crippen LogP) is 1.33. The van der Waals surface area contributed by atoms with Gasteiger partial charge in [-0.1, -0.05) is 0 Å². The van der Waals surface area contributed by atoms with Crippen LogP contribution in [0.5, 0.6) is 0 Å². The van der Waals surface area contributed by atoms with E-state index in [0.29, 0.717) is 11.6 Å². The number of rotatable bonds is 1. The van der Waals surface area contributed by atoms with Gasteiger partial charge in [-0.25, -0.2) is 19.0 Å². The van der Waals surface area contributed by atoms with Crippen LogP contribution in [0, 0.1) is 6.92 Å². The summed E-state index contributed by atoms with van der Waals surface area (Å²) in [5.74, 6) is 1.09. The van der Waals surface area contributed by atoms with Crippen molar-refractivity contribution in [2.75, 3.05) is 5.73 Å². The molecule has 20 heavy (non-hydrogen) atoms. The third-order valence-corrected chi connectivity index (χ3v) is 3.18. The van der Waals surface area contributed by atoms with Crippen LogP contribution in [0.25, 0.3) is 22.4 Å². The minimum Gasteiger partial charge on any atom is -0.382 e. The SMILES string of the molecule is Cc1nc(N)c2c(-c3ccn4nccc4n3)ccn2n1. The lowest BCUT2D eigenvalue weighted by Gasteiger charge is -2.04. The lowest BCUT2D eigenvalue weighted by molar-refractivity contribution is 0.861. The van der Waals surface area contributed by atoms with E-state index in [4.69, 9.17) is 5.73 Å². The van der Waals surface area contributed by atoms with Crippen LogP contribution in [0.15, 0.2) is 36.8 Å². The van der Waals surface area contributed by atoms with Crippen LogP contribution in [-0.2, 0) is 0 Å². The molecule has 98 valence electrons. The number of aromatic nitrogens is 6. The number of anilines is 1. The Labute approximate surface area is 113 Å². The number of nitrogen functional groups attached to an aromatic ring is 1. The Morgan fingerprint density at radius 1 is 1.05 bits per heavy atom. The summed E-state index contributed by atoms with van der Waals surface area (Å²) in [4.78, 5) is 8.78. The molecule has 0 fully saturated rings. The molecule has 0 spiro atoms. The van der Waals surface area contributed by atoms with Crippen molar-refractivity contribution in [3.05, 3.63) is 42.6 Å². The van der Waals surface area contributed by atoms with Crippen molar-refractivity contribution in [2.45, 2.75) is 6.92 Å². The van der Waals surface area contributed by atoms with Gasteiger partial charge in [-0.15, -0.1) is 0 Å². The van der Waals surface area contributed by atoms with Crippen molar-refractivity contribution >= 4 is 17.0 Å². The van der Waals surface area contributed by atoms with Crippen molar-refractivity contribution < 1.29 is 0 Å². The van der Waals surface area contributed by atoms with Crippen LogP contribution in [0.2, 0.25) is 0 Å². The lowest BCUT2D eigenvalue weighted by atomic mass is 10.2. The Kier molecular flexibility index (Phi) is 2.06. The molecule has 0 radical (unpaired) electrons. The highest BCUT2D eigenvalue weighted by Crippen LogP contribution is 2.27. The quantitative estimate of drug-likeness (QED) is 0.561. The molecule has 4 rings (SSSR count). The molecule has 2 N–H and O–H groups in total. The zero-order chi connectivity index (χ0) is 13.7. The van der Waals surface area contributed by atoms with E-state index >= 15 is 0 Å². The first-order valence-corrected chi connectivity index (χ1v) is 6.14. The van der Waals surface area contributed by atoms with Crippen molar-refractivity contribution in [3.63, 3.8) is 0 Å². The number of fused-ring (bicyclic) bond motifs is 2. The van der Waals surface area contributed by atoms with E-state index < -0.39 is 0 Å². The number of aryl methyl sites for hydroxylation is 1. The summed E-state index contributed by atoms with van der Waals surface area (Å²) in [5.41, 5.74) is 9.30. The second-order valence-corrected chi connectivity index (χ2v) is 4.51.